The van der Waals surface area contributed by atoms with Gasteiger partial charge in [-0.2, -0.15) is 5.26 Å². The van der Waals surface area contributed by atoms with E-state index in [0.717, 1.165) is 0 Å². The van der Waals surface area contributed by atoms with Crippen molar-refractivity contribution in [2.24, 2.45) is 0 Å². The van der Waals surface area contributed by atoms with Crippen molar-refractivity contribution in [1.29, 1.82) is 5.26 Å². The summed E-state index contributed by atoms with van der Waals surface area (Å²) in [4.78, 5) is 34.8. The molecule has 0 aliphatic rings. The van der Waals surface area contributed by atoms with Gasteiger partial charge in [0.1, 0.15) is 28.7 Å². The third-order valence-electron chi connectivity index (χ3n) is 4.09. The zero-order valence-corrected chi connectivity index (χ0v) is 16.0. The van der Waals surface area contributed by atoms with E-state index in [9.17, 15) is 25.0 Å². The summed E-state index contributed by atoms with van der Waals surface area (Å²) in [6.07, 6.45) is 2.86. The maximum Gasteiger partial charge on any atom is 0.350 e. The van der Waals surface area contributed by atoms with E-state index in [1.165, 1.54) is 48.7 Å². The lowest BCUT2D eigenvalue weighted by atomic mass is 10.1. The summed E-state index contributed by atoms with van der Waals surface area (Å²) in [7, 11) is 0. The smallest absolute Gasteiger partial charge is 0.350 e. The molecule has 0 spiro atoms. The monoisotopic (exact) mass is 417 g/mol. The van der Waals surface area contributed by atoms with Crippen LogP contribution < -0.4 is 10.1 Å². The van der Waals surface area contributed by atoms with Crippen LogP contribution in [-0.4, -0.2) is 16.8 Å². The van der Waals surface area contributed by atoms with Crippen molar-refractivity contribution in [3.8, 4) is 11.8 Å². The Balaban J connectivity index is 1.67. The first kappa shape index (κ1) is 21.0. The summed E-state index contributed by atoms with van der Waals surface area (Å²) in [5, 5.41) is 22.9. The number of furan rings is 1. The van der Waals surface area contributed by atoms with Crippen LogP contribution in [0.2, 0.25) is 0 Å². The first-order valence-electron chi connectivity index (χ1n) is 8.96. The lowest BCUT2D eigenvalue weighted by molar-refractivity contribution is -0.385. The molecule has 1 amide bonds. The van der Waals surface area contributed by atoms with Gasteiger partial charge in [0.2, 0.25) is 0 Å². The molecule has 0 atom stereocenters. The Labute approximate surface area is 176 Å². The summed E-state index contributed by atoms with van der Waals surface area (Å²) in [5.41, 5.74) is -0.117. The molecule has 154 valence electrons. The van der Waals surface area contributed by atoms with E-state index in [1.54, 1.807) is 24.3 Å². The highest BCUT2D eigenvalue weighted by Gasteiger charge is 2.21. The third kappa shape index (κ3) is 5.42. The molecule has 0 bridgehead atoms. The maximum absolute atomic E-state index is 12.3. The molecular formula is C22H15N3O6. The molecule has 3 rings (SSSR count). The largest absolute Gasteiger partial charge is 0.467 e. The quantitative estimate of drug-likeness (QED) is 0.155. The van der Waals surface area contributed by atoms with E-state index < -0.39 is 16.8 Å². The summed E-state index contributed by atoms with van der Waals surface area (Å²) in [6.45, 7) is 0.144. The van der Waals surface area contributed by atoms with Gasteiger partial charge in [-0.3, -0.25) is 14.9 Å². The number of ether oxygens (including phenoxy) is 1. The average Bonchev–Trinajstić information content (AvgIpc) is 3.30. The van der Waals surface area contributed by atoms with Crippen LogP contribution in [0.4, 0.5) is 5.69 Å². The number of nitro groups is 1. The second-order valence-electron chi connectivity index (χ2n) is 6.16. The molecular weight excluding hydrogens is 402 g/mol. The van der Waals surface area contributed by atoms with Gasteiger partial charge in [-0.25, -0.2) is 4.79 Å². The molecule has 31 heavy (non-hydrogen) atoms. The number of carbonyl (C=O) groups is 2. The molecule has 0 aliphatic carbocycles. The molecule has 0 radical (unpaired) electrons. The Morgan fingerprint density at radius 2 is 1.87 bits per heavy atom. The molecule has 0 saturated heterocycles. The molecule has 0 unspecified atom stereocenters. The van der Waals surface area contributed by atoms with Gasteiger partial charge in [-0.1, -0.05) is 24.3 Å². The lowest BCUT2D eigenvalue weighted by Gasteiger charge is -2.06. The minimum atomic E-state index is -0.870. The lowest BCUT2D eigenvalue weighted by Crippen LogP contribution is -2.23. The second-order valence-corrected chi connectivity index (χ2v) is 6.16. The fourth-order valence-electron chi connectivity index (χ4n) is 2.59. The van der Waals surface area contributed by atoms with Crippen molar-refractivity contribution >= 4 is 23.6 Å². The van der Waals surface area contributed by atoms with Gasteiger partial charge in [-0.05, 0) is 42.0 Å². The third-order valence-corrected chi connectivity index (χ3v) is 4.09. The molecule has 3 aromatic rings. The maximum atomic E-state index is 12.3. The van der Waals surface area contributed by atoms with Gasteiger partial charge in [0.05, 0.1) is 17.7 Å². The van der Waals surface area contributed by atoms with Crippen molar-refractivity contribution in [2.45, 2.75) is 6.54 Å². The number of nitrogens with one attached hydrogen (secondary N) is 1. The molecule has 0 aliphatic heterocycles. The molecule has 9 heteroatoms. The Hall–Kier alpha value is -4.71. The van der Waals surface area contributed by atoms with E-state index in [4.69, 9.17) is 9.15 Å². The molecule has 2 aromatic carbocycles. The van der Waals surface area contributed by atoms with Gasteiger partial charge in [-0.15, -0.1) is 0 Å². The Morgan fingerprint density at radius 1 is 1.13 bits per heavy atom. The number of hydrogen-bond acceptors (Lipinski definition) is 7. The van der Waals surface area contributed by atoms with Crippen LogP contribution in [0.3, 0.4) is 0 Å². The normalized spacial score (nSPS) is 10.7. The van der Waals surface area contributed by atoms with Gasteiger partial charge >= 0.3 is 5.97 Å². The minimum absolute atomic E-state index is 0.115. The van der Waals surface area contributed by atoms with Crippen molar-refractivity contribution in [2.75, 3.05) is 0 Å². The van der Waals surface area contributed by atoms with Crippen molar-refractivity contribution in [1.82, 2.24) is 5.32 Å². The highest BCUT2D eigenvalue weighted by molar-refractivity contribution is 6.01. The fourth-order valence-corrected chi connectivity index (χ4v) is 2.59. The van der Waals surface area contributed by atoms with E-state index in [0.29, 0.717) is 11.3 Å². The summed E-state index contributed by atoms with van der Waals surface area (Å²) in [6, 6.07) is 16.7. The topological polar surface area (TPSA) is 135 Å². The number of nitriles is 1. The van der Waals surface area contributed by atoms with E-state index in [1.807, 2.05) is 6.07 Å². The summed E-state index contributed by atoms with van der Waals surface area (Å²) in [5.74, 6) is -0.729. The van der Waals surface area contributed by atoms with Crippen molar-refractivity contribution in [3.05, 3.63) is 99.5 Å². The highest BCUT2D eigenvalue weighted by atomic mass is 16.6. The number of nitrogens with zero attached hydrogens (tertiary/aromatic N) is 2. The second kappa shape index (κ2) is 9.67. The molecule has 1 N–H and O–H groups in total. The van der Waals surface area contributed by atoms with Gasteiger partial charge in [0.25, 0.3) is 11.6 Å². The molecule has 9 nitrogen and oxygen atoms in total. The predicted octanol–water partition coefficient (Wildman–Crippen LogP) is 3.63. The van der Waals surface area contributed by atoms with Crippen LogP contribution in [-0.2, 0) is 11.3 Å². The van der Waals surface area contributed by atoms with Crippen LogP contribution in [0.25, 0.3) is 6.08 Å². The zero-order valence-electron chi connectivity index (χ0n) is 16.0. The average molecular weight is 417 g/mol. The number of rotatable bonds is 7. The van der Waals surface area contributed by atoms with Crippen LogP contribution in [0.1, 0.15) is 21.7 Å². The number of para-hydroxylation sites is 1. The SMILES string of the molecule is N#C/C(=C\c1ccc(OC(=O)c2ccccc2[N+](=O)[O-])cc1)C(=O)NCc1ccco1. The van der Waals surface area contributed by atoms with E-state index in [-0.39, 0.29) is 29.1 Å². The molecule has 0 fully saturated rings. The highest BCUT2D eigenvalue weighted by Crippen LogP contribution is 2.21. The Bertz CT molecular complexity index is 1170. The Morgan fingerprint density at radius 3 is 2.52 bits per heavy atom. The van der Waals surface area contributed by atoms with Gasteiger partial charge in [0, 0.05) is 6.07 Å². The first-order chi connectivity index (χ1) is 15.0. The van der Waals surface area contributed by atoms with Crippen LogP contribution >= 0.6 is 0 Å². The number of hydrogen-bond donors (Lipinski definition) is 1. The minimum Gasteiger partial charge on any atom is -0.467 e. The Kier molecular flexibility index (Phi) is 6.55. The number of carbonyl (C=O) groups excluding carboxylic acids is 2. The van der Waals surface area contributed by atoms with E-state index >= 15 is 0 Å². The molecule has 1 aromatic heterocycles. The van der Waals surface area contributed by atoms with Crippen LogP contribution in [0.5, 0.6) is 5.75 Å². The van der Waals surface area contributed by atoms with Crippen molar-refractivity contribution < 1.29 is 23.7 Å². The zero-order chi connectivity index (χ0) is 22.2. The number of benzene rings is 2. The van der Waals surface area contributed by atoms with Crippen LogP contribution in [0, 0.1) is 21.4 Å². The number of nitro benzene ring substituents is 1. The predicted molar refractivity (Wildman–Crippen MR) is 109 cm³/mol. The molecule has 0 saturated carbocycles. The number of amides is 1. The standard InChI is InChI=1S/C22H15N3O6/c23-13-16(21(26)24-14-18-4-3-11-30-18)12-15-7-9-17(10-8-15)31-22(27)19-5-1-2-6-20(19)25(28)29/h1-12H,14H2,(H,24,26)/b16-12+. The summed E-state index contributed by atoms with van der Waals surface area (Å²) < 4.78 is 10.3. The fraction of sp³-hybridized carbons (Fsp3) is 0.0455. The van der Waals surface area contributed by atoms with E-state index in [2.05, 4.69) is 5.32 Å². The van der Waals surface area contributed by atoms with Crippen molar-refractivity contribution in [3.63, 3.8) is 0 Å². The van der Waals surface area contributed by atoms with Gasteiger partial charge in [0.15, 0.2) is 0 Å². The van der Waals surface area contributed by atoms with Gasteiger partial charge < -0.3 is 14.5 Å². The number of esters is 1. The molecule has 1 heterocycles. The summed E-state index contributed by atoms with van der Waals surface area (Å²) >= 11 is 0. The van der Waals surface area contributed by atoms with Crippen LogP contribution in [0.15, 0.2) is 76.9 Å². The first-order valence-corrected chi connectivity index (χ1v) is 8.96.